The van der Waals surface area contributed by atoms with Crippen molar-refractivity contribution in [1.29, 1.82) is 0 Å². The highest BCUT2D eigenvalue weighted by atomic mass is 16.6. The van der Waals surface area contributed by atoms with Gasteiger partial charge < -0.3 is 14.2 Å². The van der Waals surface area contributed by atoms with Gasteiger partial charge in [0.15, 0.2) is 11.5 Å². The number of hydrogen-bond donors (Lipinski definition) is 0. The standard InChI is InChI=1S/C16H17NO5/c1-20-16-12-13(17(18)19)8-9-15(16)22-11-5-10-21-14-6-3-2-4-7-14/h2-4,6-9,12H,5,10-11H2,1H3. The Balaban J connectivity index is 1.80. The molecule has 2 rings (SSSR count). The Morgan fingerprint density at radius 2 is 1.73 bits per heavy atom. The van der Waals surface area contributed by atoms with Gasteiger partial charge >= 0.3 is 0 Å². The summed E-state index contributed by atoms with van der Waals surface area (Å²) < 4.78 is 16.2. The topological polar surface area (TPSA) is 70.8 Å². The summed E-state index contributed by atoms with van der Waals surface area (Å²) >= 11 is 0. The van der Waals surface area contributed by atoms with Gasteiger partial charge in [0.2, 0.25) is 0 Å². The molecule has 116 valence electrons. The molecule has 0 bridgehead atoms. The molecule has 0 amide bonds. The highest BCUT2D eigenvalue weighted by Gasteiger charge is 2.12. The molecule has 22 heavy (non-hydrogen) atoms. The lowest BCUT2D eigenvalue weighted by Crippen LogP contribution is -2.05. The highest BCUT2D eigenvalue weighted by Crippen LogP contribution is 2.31. The first-order valence-electron chi connectivity index (χ1n) is 6.84. The van der Waals surface area contributed by atoms with Crippen molar-refractivity contribution >= 4 is 5.69 Å². The third-order valence-corrected chi connectivity index (χ3v) is 2.92. The normalized spacial score (nSPS) is 10.0. The summed E-state index contributed by atoms with van der Waals surface area (Å²) in [7, 11) is 1.45. The monoisotopic (exact) mass is 303 g/mol. The number of nitrogens with zero attached hydrogens (tertiary/aromatic N) is 1. The Morgan fingerprint density at radius 1 is 1.00 bits per heavy atom. The number of non-ortho nitro benzene ring substituents is 1. The molecule has 0 unspecified atom stereocenters. The molecule has 0 spiro atoms. The Hall–Kier alpha value is -2.76. The molecule has 0 aromatic heterocycles. The van der Waals surface area contributed by atoms with Crippen LogP contribution in [-0.2, 0) is 0 Å². The van der Waals surface area contributed by atoms with Gasteiger partial charge in [-0.05, 0) is 18.2 Å². The third kappa shape index (κ3) is 4.37. The molecule has 0 fully saturated rings. The predicted octanol–water partition coefficient (Wildman–Crippen LogP) is 3.45. The molecular weight excluding hydrogens is 286 g/mol. The van der Waals surface area contributed by atoms with Crippen molar-refractivity contribution in [2.24, 2.45) is 0 Å². The Bertz CT molecular complexity index is 615. The van der Waals surface area contributed by atoms with Crippen molar-refractivity contribution in [3.63, 3.8) is 0 Å². The van der Waals surface area contributed by atoms with E-state index >= 15 is 0 Å². The van der Waals surface area contributed by atoms with Crippen molar-refractivity contribution in [2.45, 2.75) is 6.42 Å². The van der Waals surface area contributed by atoms with E-state index in [4.69, 9.17) is 14.2 Å². The summed E-state index contributed by atoms with van der Waals surface area (Å²) in [5, 5.41) is 10.7. The van der Waals surface area contributed by atoms with Gasteiger partial charge in [-0.3, -0.25) is 10.1 Å². The second-order valence-corrected chi connectivity index (χ2v) is 4.46. The van der Waals surface area contributed by atoms with Gasteiger partial charge in [0.1, 0.15) is 5.75 Å². The maximum absolute atomic E-state index is 10.7. The van der Waals surface area contributed by atoms with Crippen LogP contribution in [0.2, 0.25) is 0 Å². The average molecular weight is 303 g/mol. The number of methoxy groups -OCH3 is 1. The highest BCUT2D eigenvalue weighted by molar-refractivity contribution is 5.48. The summed E-state index contributed by atoms with van der Waals surface area (Å²) in [6, 6.07) is 13.8. The van der Waals surface area contributed by atoms with Gasteiger partial charge in [-0.25, -0.2) is 0 Å². The van der Waals surface area contributed by atoms with Crippen molar-refractivity contribution < 1.29 is 19.1 Å². The number of ether oxygens (including phenoxy) is 3. The maximum atomic E-state index is 10.7. The van der Waals surface area contributed by atoms with Crippen LogP contribution in [0.3, 0.4) is 0 Å². The van der Waals surface area contributed by atoms with Crippen LogP contribution in [0.15, 0.2) is 48.5 Å². The zero-order valence-corrected chi connectivity index (χ0v) is 12.2. The van der Waals surface area contributed by atoms with Crippen LogP contribution in [0.4, 0.5) is 5.69 Å². The van der Waals surface area contributed by atoms with Gasteiger partial charge in [0.05, 0.1) is 31.3 Å². The minimum atomic E-state index is -0.472. The van der Waals surface area contributed by atoms with Crippen molar-refractivity contribution in [1.82, 2.24) is 0 Å². The van der Waals surface area contributed by atoms with Gasteiger partial charge in [-0.15, -0.1) is 0 Å². The first-order valence-corrected chi connectivity index (χ1v) is 6.84. The zero-order chi connectivity index (χ0) is 15.8. The molecule has 0 heterocycles. The van der Waals surface area contributed by atoms with E-state index in [2.05, 4.69) is 0 Å². The third-order valence-electron chi connectivity index (χ3n) is 2.92. The van der Waals surface area contributed by atoms with E-state index in [9.17, 15) is 10.1 Å². The lowest BCUT2D eigenvalue weighted by atomic mass is 10.3. The van der Waals surface area contributed by atoms with E-state index < -0.39 is 4.92 Å². The molecule has 2 aromatic rings. The minimum Gasteiger partial charge on any atom is -0.493 e. The van der Waals surface area contributed by atoms with Crippen LogP contribution in [-0.4, -0.2) is 25.2 Å². The van der Waals surface area contributed by atoms with Crippen molar-refractivity contribution in [3.05, 3.63) is 58.6 Å². The fourth-order valence-electron chi connectivity index (χ4n) is 1.84. The fourth-order valence-corrected chi connectivity index (χ4v) is 1.84. The van der Waals surface area contributed by atoms with E-state index in [1.807, 2.05) is 30.3 Å². The average Bonchev–Trinajstić information content (AvgIpc) is 2.55. The van der Waals surface area contributed by atoms with E-state index in [0.717, 1.165) is 5.75 Å². The van der Waals surface area contributed by atoms with Crippen LogP contribution in [0.1, 0.15) is 6.42 Å². The number of rotatable bonds is 8. The number of benzene rings is 2. The quantitative estimate of drug-likeness (QED) is 0.424. The van der Waals surface area contributed by atoms with Crippen LogP contribution < -0.4 is 14.2 Å². The predicted molar refractivity (Wildman–Crippen MR) is 81.7 cm³/mol. The second kappa shape index (κ2) is 7.87. The van der Waals surface area contributed by atoms with Gasteiger partial charge in [0.25, 0.3) is 5.69 Å². The summed E-state index contributed by atoms with van der Waals surface area (Å²) in [5.41, 5.74) is -0.0309. The summed E-state index contributed by atoms with van der Waals surface area (Å²) in [5.74, 6) is 1.64. The van der Waals surface area contributed by atoms with E-state index in [-0.39, 0.29) is 5.69 Å². The molecule has 2 aromatic carbocycles. The number of nitro groups is 1. The summed E-state index contributed by atoms with van der Waals surface area (Å²) in [6.45, 7) is 0.959. The lowest BCUT2D eigenvalue weighted by Gasteiger charge is -2.11. The van der Waals surface area contributed by atoms with E-state index in [1.54, 1.807) is 0 Å². The van der Waals surface area contributed by atoms with Crippen LogP contribution >= 0.6 is 0 Å². The first kappa shape index (κ1) is 15.6. The maximum Gasteiger partial charge on any atom is 0.273 e. The molecule has 0 aliphatic heterocycles. The van der Waals surface area contributed by atoms with Gasteiger partial charge in [-0.1, -0.05) is 18.2 Å². The van der Waals surface area contributed by atoms with Crippen LogP contribution in [0, 0.1) is 10.1 Å². The number of nitro benzene ring substituents is 1. The first-order chi connectivity index (χ1) is 10.7. The molecular formula is C16H17NO5. The molecule has 0 N–H and O–H groups in total. The van der Waals surface area contributed by atoms with Crippen molar-refractivity contribution in [2.75, 3.05) is 20.3 Å². The van der Waals surface area contributed by atoms with Gasteiger partial charge in [-0.2, -0.15) is 0 Å². The van der Waals surface area contributed by atoms with E-state index in [1.165, 1.54) is 25.3 Å². The number of para-hydroxylation sites is 1. The molecule has 6 nitrogen and oxygen atoms in total. The van der Waals surface area contributed by atoms with Crippen LogP contribution in [0.5, 0.6) is 17.2 Å². The Morgan fingerprint density at radius 3 is 2.41 bits per heavy atom. The molecule has 0 aliphatic rings. The Labute approximate surface area is 128 Å². The van der Waals surface area contributed by atoms with Gasteiger partial charge in [0, 0.05) is 12.5 Å². The lowest BCUT2D eigenvalue weighted by molar-refractivity contribution is -0.384. The second-order valence-electron chi connectivity index (χ2n) is 4.46. The fraction of sp³-hybridized carbons (Fsp3) is 0.250. The molecule has 0 radical (unpaired) electrons. The minimum absolute atomic E-state index is 0.0309. The smallest absolute Gasteiger partial charge is 0.273 e. The Kier molecular flexibility index (Phi) is 5.59. The largest absolute Gasteiger partial charge is 0.493 e. The molecule has 6 heteroatoms. The SMILES string of the molecule is COc1cc([N+](=O)[O-])ccc1OCCCOc1ccccc1. The summed E-state index contributed by atoms with van der Waals surface area (Å²) in [4.78, 5) is 10.2. The zero-order valence-electron chi connectivity index (χ0n) is 12.2. The molecule has 0 saturated carbocycles. The molecule has 0 saturated heterocycles. The molecule has 0 atom stereocenters. The van der Waals surface area contributed by atoms with Crippen LogP contribution in [0.25, 0.3) is 0 Å². The summed E-state index contributed by atoms with van der Waals surface area (Å²) in [6.07, 6.45) is 0.690. The van der Waals surface area contributed by atoms with Crippen molar-refractivity contribution in [3.8, 4) is 17.2 Å². The van der Waals surface area contributed by atoms with E-state index in [0.29, 0.717) is 31.1 Å². The number of hydrogen-bond acceptors (Lipinski definition) is 5. The molecule has 0 aliphatic carbocycles.